The predicted molar refractivity (Wildman–Crippen MR) is 120 cm³/mol. The first kappa shape index (κ1) is 20.7. The van der Waals surface area contributed by atoms with Gasteiger partial charge in [-0.3, -0.25) is 0 Å². The molecule has 0 spiro atoms. The van der Waals surface area contributed by atoms with Gasteiger partial charge in [0.15, 0.2) is 0 Å². The molecule has 8 unspecified atom stereocenters. The molecule has 8 atom stereocenters. The molecule has 4 heteroatoms. The van der Waals surface area contributed by atoms with E-state index >= 15 is 0 Å². The molecular weight excluding hydrogens is 356 g/mol. The normalized spacial score (nSPS) is 47.4. The summed E-state index contributed by atoms with van der Waals surface area (Å²) in [7, 11) is 0. The van der Waals surface area contributed by atoms with Crippen molar-refractivity contribution in [2.45, 2.75) is 152 Å². The lowest BCUT2D eigenvalue weighted by Crippen LogP contribution is -3.27. The van der Waals surface area contributed by atoms with Crippen LogP contribution >= 0.6 is 0 Å². The van der Waals surface area contributed by atoms with E-state index in [1.165, 1.54) is 96.3 Å². The van der Waals surface area contributed by atoms with Crippen molar-refractivity contribution in [2.75, 3.05) is 0 Å². The zero-order valence-electron chi connectivity index (χ0n) is 18.9. The third kappa shape index (κ3) is 4.42. The third-order valence-electron chi connectivity index (χ3n) is 9.66. The van der Waals surface area contributed by atoms with Gasteiger partial charge in [-0.05, 0) is 63.7 Å². The van der Waals surface area contributed by atoms with Gasteiger partial charge in [0.1, 0.15) is 12.1 Å². The topological polar surface area (TPSA) is 54.5 Å². The molecule has 0 bridgehead atoms. The lowest BCUT2D eigenvalue weighted by Gasteiger charge is -2.57. The molecule has 1 saturated heterocycles. The van der Waals surface area contributed by atoms with Crippen LogP contribution < -0.4 is 21.3 Å². The number of quaternary nitrogens is 1. The van der Waals surface area contributed by atoms with Gasteiger partial charge in [0.05, 0.1) is 18.1 Å². The Kier molecular flexibility index (Phi) is 6.53. The standard InChI is InChI=1S/C25H46N4/c1-17-14-23-25(16-21(17)26)29(20-10-6-3-7-11-20)24-15-19(12-13-22(24)28-23)27-18-8-4-2-5-9-18/h17-25,27-28H,2-16,26H2,1H3/p+1. The highest BCUT2D eigenvalue weighted by Crippen LogP contribution is 2.31. The Balaban J connectivity index is 1.33. The van der Waals surface area contributed by atoms with Gasteiger partial charge in [-0.2, -0.15) is 0 Å². The molecule has 5 fully saturated rings. The number of piperazine rings is 1. The predicted octanol–water partition coefficient (Wildman–Crippen LogP) is 2.51. The smallest absolute Gasteiger partial charge is 0.105 e. The quantitative estimate of drug-likeness (QED) is 0.586. The van der Waals surface area contributed by atoms with Gasteiger partial charge in [0, 0.05) is 31.0 Å². The van der Waals surface area contributed by atoms with Crippen LogP contribution in [0.1, 0.15) is 103 Å². The molecule has 4 saturated carbocycles. The van der Waals surface area contributed by atoms with Gasteiger partial charge >= 0.3 is 0 Å². The van der Waals surface area contributed by atoms with Crippen molar-refractivity contribution in [1.29, 1.82) is 0 Å². The summed E-state index contributed by atoms with van der Waals surface area (Å²) in [5.41, 5.74) is 6.64. The largest absolute Gasteiger partial charge is 0.327 e. The maximum atomic E-state index is 6.64. The SMILES string of the molecule is CC1CC2NC3CCC(NC4CCCCC4)CC3[NH+](C3CCCCC3)C2CC1N. The fraction of sp³-hybridized carbons (Fsp3) is 1.00. The molecule has 0 aromatic carbocycles. The molecule has 0 aromatic heterocycles. The van der Waals surface area contributed by atoms with Crippen molar-refractivity contribution in [3.63, 3.8) is 0 Å². The minimum absolute atomic E-state index is 0.410. The van der Waals surface area contributed by atoms with Crippen molar-refractivity contribution < 1.29 is 4.90 Å². The maximum absolute atomic E-state index is 6.64. The van der Waals surface area contributed by atoms with Crippen LogP contribution in [0.4, 0.5) is 0 Å². The molecule has 5 aliphatic rings. The Morgan fingerprint density at radius 3 is 2.17 bits per heavy atom. The van der Waals surface area contributed by atoms with Crippen molar-refractivity contribution >= 4 is 0 Å². The first-order valence-corrected chi connectivity index (χ1v) is 13.3. The summed E-state index contributed by atoms with van der Waals surface area (Å²) in [6.45, 7) is 2.39. The van der Waals surface area contributed by atoms with E-state index in [2.05, 4.69) is 17.6 Å². The molecule has 0 aromatic rings. The molecular formula is C25H47N4+. The molecule has 166 valence electrons. The van der Waals surface area contributed by atoms with E-state index in [9.17, 15) is 0 Å². The molecule has 4 aliphatic carbocycles. The van der Waals surface area contributed by atoms with E-state index < -0.39 is 0 Å². The number of nitrogens with one attached hydrogen (secondary N) is 3. The van der Waals surface area contributed by atoms with Gasteiger partial charge in [-0.25, -0.2) is 0 Å². The van der Waals surface area contributed by atoms with Gasteiger partial charge in [-0.1, -0.05) is 32.6 Å². The molecule has 5 rings (SSSR count). The summed E-state index contributed by atoms with van der Waals surface area (Å²) in [5, 5.41) is 8.33. The van der Waals surface area contributed by atoms with Crippen molar-refractivity contribution in [3.05, 3.63) is 0 Å². The number of hydrogen-bond acceptors (Lipinski definition) is 3. The van der Waals surface area contributed by atoms with Crippen LogP contribution in [0.2, 0.25) is 0 Å². The molecule has 0 radical (unpaired) electrons. The second kappa shape index (κ2) is 9.14. The minimum Gasteiger partial charge on any atom is -0.327 e. The van der Waals surface area contributed by atoms with E-state index in [0.29, 0.717) is 18.0 Å². The average molecular weight is 404 g/mol. The zero-order chi connectivity index (χ0) is 19.8. The number of nitrogens with two attached hydrogens (primary N) is 1. The van der Waals surface area contributed by atoms with Gasteiger partial charge < -0.3 is 21.3 Å². The number of fused-ring (bicyclic) bond motifs is 2. The minimum atomic E-state index is 0.410. The van der Waals surface area contributed by atoms with Crippen LogP contribution in [-0.4, -0.2) is 48.3 Å². The maximum Gasteiger partial charge on any atom is 0.105 e. The van der Waals surface area contributed by atoms with Gasteiger partial charge in [0.2, 0.25) is 0 Å². The monoisotopic (exact) mass is 403 g/mol. The molecule has 1 heterocycles. The van der Waals surface area contributed by atoms with Gasteiger partial charge in [0.25, 0.3) is 0 Å². The molecule has 0 amide bonds. The molecule has 29 heavy (non-hydrogen) atoms. The first-order valence-electron chi connectivity index (χ1n) is 13.3. The van der Waals surface area contributed by atoms with Crippen LogP contribution in [0.5, 0.6) is 0 Å². The Morgan fingerprint density at radius 1 is 0.724 bits per heavy atom. The highest BCUT2D eigenvalue weighted by molar-refractivity contribution is 5.00. The summed E-state index contributed by atoms with van der Waals surface area (Å²) in [4.78, 5) is 2.01. The molecule has 4 nitrogen and oxygen atoms in total. The van der Waals surface area contributed by atoms with E-state index in [-0.39, 0.29) is 0 Å². The average Bonchev–Trinajstić information content (AvgIpc) is 2.75. The van der Waals surface area contributed by atoms with Crippen molar-refractivity contribution in [3.8, 4) is 0 Å². The molecule has 1 aliphatic heterocycles. The van der Waals surface area contributed by atoms with E-state index in [1.54, 1.807) is 0 Å². The van der Waals surface area contributed by atoms with E-state index in [1.807, 2.05) is 4.90 Å². The Hall–Kier alpha value is -0.160. The van der Waals surface area contributed by atoms with Crippen LogP contribution in [-0.2, 0) is 0 Å². The fourth-order valence-electron chi connectivity index (χ4n) is 8.07. The number of rotatable bonds is 3. The summed E-state index contributed by atoms with van der Waals surface area (Å²) >= 11 is 0. The summed E-state index contributed by atoms with van der Waals surface area (Å²) < 4.78 is 0. The Morgan fingerprint density at radius 2 is 1.41 bits per heavy atom. The summed E-state index contributed by atoms with van der Waals surface area (Å²) in [6.07, 6.45) is 21.2. The fourth-order valence-corrected chi connectivity index (χ4v) is 8.07. The van der Waals surface area contributed by atoms with E-state index in [4.69, 9.17) is 5.73 Å². The number of hydrogen-bond donors (Lipinski definition) is 4. The highest BCUT2D eigenvalue weighted by atomic mass is 15.3. The zero-order valence-corrected chi connectivity index (χ0v) is 18.9. The Bertz CT molecular complexity index is 527. The van der Waals surface area contributed by atoms with Crippen molar-refractivity contribution in [1.82, 2.24) is 10.6 Å². The molecule has 5 N–H and O–H groups in total. The van der Waals surface area contributed by atoms with Crippen LogP contribution in [0.25, 0.3) is 0 Å². The second-order valence-electron chi connectivity index (χ2n) is 11.6. The third-order valence-corrected chi connectivity index (χ3v) is 9.66. The summed E-state index contributed by atoms with van der Waals surface area (Å²) in [5.74, 6) is 0.678. The lowest BCUT2D eigenvalue weighted by molar-refractivity contribution is -0.984. The van der Waals surface area contributed by atoms with Crippen LogP contribution in [0.3, 0.4) is 0 Å². The van der Waals surface area contributed by atoms with Gasteiger partial charge in [-0.15, -0.1) is 0 Å². The Labute approximate surface area is 179 Å². The summed E-state index contributed by atoms with van der Waals surface area (Å²) in [6, 6.07) is 5.91. The lowest BCUT2D eigenvalue weighted by atomic mass is 9.72. The van der Waals surface area contributed by atoms with Crippen LogP contribution in [0.15, 0.2) is 0 Å². The van der Waals surface area contributed by atoms with Crippen molar-refractivity contribution in [2.24, 2.45) is 11.7 Å². The highest BCUT2D eigenvalue weighted by Gasteiger charge is 2.53. The van der Waals surface area contributed by atoms with E-state index in [0.717, 1.165) is 36.3 Å². The van der Waals surface area contributed by atoms with Crippen LogP contribution in [0, 0.1) is 5.92 Å². The second-order valence-corrected chi connectivity index (χ2v) is 11.6. The first-order chi connectivity index (χ1) is 14.2.